The molecule has 0 saturated heterocycles. The summed E-state index contributed by atoms with van der Waals surface area (Å²) in [5.74, 6) is 0. The molecule has 0 bridgehead atoms. The number of halogens is 1. The molecule has 0 radical (unpaired) electrons. The number of pyridine rings is 1. The Morgan fingerprint density at radius 1 is 1.50 bits per heavy atom. The van der Waals surface area contributed by atoms with Crippen LogP contribution in [0.5, 0.6) is 0 Å². The monoisotopic (exact) mass is 249 g/mol. The molecule has 0 aliphatic heterocycles. The standard InChI is InChI=1S/C6H4INO2/c7-5-1-4(3-9)2-6(10)8-5/h1-3H,(H,8,10). The molecule has 0 aliphatic rings. The molecule has 0 atom stereocenters. The van der Waals surface area contributed by atoms with E-state index in [0.29, 0.717) is 15.6 Å². The molecule has 10 heavy (non-hydrogen) atoms. The molecule has 0 saturated carbocycles. The summed E-state index contributed by atoms with van der Waals surface area (Å²) in [5.41, 5.74) is 0.169. The van der Waals surface area contributed by atoms with E-state index in [1.807, 2.05) is 22.6 Å². The van der Waals surface area contributed by atoms with Gasteiger partial charge in [-0.3, -0.25) is 9.59 Å². The quantitative estimate of drug-likeness (QED) is 0.454. The number of hydrogen-bond acceptors (Lipinski definition) is 2. The third kappa shape index (κ3) is 1.66. The average molecular weight is 249 g/mol. The Kier molecular flexibility index (Phi) is 2.21. The highest BCUT2D eigenvalue weighted by Gasteiger charge is 1.92. The second kappa shape index (κ2) is 2.96. The second-order valence-electron chi connectivity index (χ2n) is 1.74. The molecule has 0 spiro atoms. The van der Waals surface area contributed by atoms with Gasteiger partial charge in [-0.2, -0.15) is 0 Å². The number of hydrogen-bond donors (Lipinski definition) is 1. The predicted molar refractivity (Wildman–Crippen MR) is 45.2 cm³/mol. The summed E-state index contributed by atoms with van der Waals surface area (Å²) in [5, 5.41) is 0. The molecule has 0 amide bonds. The Bertz CT molecular complexity index is 305. The molecule has 0 fully saturated rings. The van der Waals surface area contributed by atoms with E-state index in [4.69, 9.17) is 0 Å². The van der Waals surface area contributed by atoms with Crippen molar-refractivity contribution in [2.45, 2.75) is 0 Å². The summed E-state index contributed by atoms with van der Waals surface area (Å²) in [4.78, 5) is 23.3. The molecule has 1 aromatic heterocycles. The van der Waals surface area contributed by atoms with Gasteiger partial charge in [0.2, 0.25) is 5.56 Å². The van der Waals surface area contributed by atoms with E-state index in [1.54, 1.807) is 6.07 Å². The minimum atomic E-state index is -0.242. The summed E-state index contributed by atoms with van der Waals surface area (Å²) in [6.07, 6.45) is 0.650. The smallest absolute Gasteiger partial charge is 0.249 e. The number of carbonyl (C=O) groups is 1. The van der Waals surface area contributed by atoms with Crippen LogP contribution in [-0.2, 0) is 0 Å². The molecule has 1 rings (SSSR count). The van der Waals surface area contributed by atoms with E-state index in [-0.39, 0.29) is 5.56 Å². The molecule has 1 N–H and O–H groups in total. The Balaban J connectivity index is 3.32. The molecule has 0 aliphatic carbocycles. The van der Waals surface area contributed by atoms with Crippen molar-refractivity contribution in [1.29, 1.82) is 0 Å². The highest BCUT2D eigenvalue weighted by molar-refractivity contribution is 14.1. The van der Waals surface area contributed by atoms with Crippen LogP contribution in [0.15, 0.2) is 16.9 Å². The fourth-order valence-electron chi connectivity index (χ4n) is 0.597. The number of carbonyl (C=O) groups excluding carboxylic acids is 1. The van der Waals surface area contributed by atoms with Gasteiger partial charge in [0.15, 0.2) is 0 Å². The lowest BCUT2D eigenvalue weighted by Gasteiger charge is -1.89. The minimum absolute atomic E-state index is 0.242. The van der Waals surface area contributed by atoms with Crippen molar-refractivity contribution in [2.75, 3.05) is 0 Å². The van der Waals surface area contributed by atoms with Crippen LogP contribution in [0.4, 0.5) is 0 Å². The maximum atomic E-state index is 10.7. The van der Waals surface area contributed by atoms with E-state index in [1.165, 1.54) is 6.07 Å². The van der Waals surface area contributed by atoms with Gasteiger partial charge < -0.3 is 4.98 Å². The number of H-pyrrole nitrogens is 1. The fraction of sp³-hybridized carbons (Fsp3) is 0. The molecule has 1 heterocycles. The zero-order valence-electron chi connectivity index (χ0n) is 4.93. The zero-order valence-corrected chi connectivity index (χ0v) is 7.08. The molecule has 0 aromatic carbocycles. The Labute approximate surface area is 70.6 Å². The summed E-state index contributed by atoms with van der Waals surface area (Å²) < 4.78 is 0.673. The Hall–Kier alpha value is -0.650. The first-order chi connectivity index (χ1) is 4.72. The number of nitrogens with one attached hydrogen (secondary N) is 1. The van der Waals surface area contributed by atoms with Crippen molar-refractivity contribution in [1.82, 2.24) is 4.98 Å². The molecule has 4 heteroatoms. The topological polar surface area (TPSA) is 49.9 Å². The first kappa shape index (κ1) is 7.46. The summed E-state index contributed by atoms with van der Waals surface area (Å²) in [7, 11) is 0. The number of aromatic amines is 1. The summed E-state index contributed by atoms with van der Waals surface area (Å²) in [6, 6.07) is 2.87. The highest BCUT2D eigenvalue weighted by atomic mass is 127. The molecule has 52 valence electrons. The molecule has 1 aromatic rings. The SMILES string of the molecule is O=Cc1cc(I)[nH]c(=O)c1. The lowest BCUT2D eigenvalue weighted by atomic mass is 10.3. The van der Waals surface area contributed by atoms with Crippen LogP contribution in [0, 0.1) is 3.70 Å². The van der Waals surface area contributed by atoms with Crippen molar-refractivity contribution in [2.24, 2.45) is 0 Å². The normalized spacial score (nSPS) is 9.30. The third-order valence-electron chi connectivity index (χ3n) is 0.970. The zero-order chi connectivity index (χ0) is 7.56. The lowest BCUT2D eigenvalue weighted by Crippen LogP contribution is -2.06. The first-order valence-corrected chi connectivity index (χ1v) is 3.65. The van der Waals surface area contributed by atoms with Crippen molar-refractivity contribution < 1.29 is 4.79 Å². The van der Waals surface area contributed by atoms with Gasteiger partial charge >= 0.3 is 0 Å². The molecule has 3 nitrogen and oxygen atoms in total. The van der Waals surface area contributed by atoms with Gasteiger partial charge in [0.25, 0.3) is 0 Å². The average Bonchev–Trinajstić information content (AvgIpc) is 1.85. The number of rotatable bonds is 1. The maximum Gasteiger partial charge on any atom is 0.249 e. The largest absolute Gasteiger partial charge is 0.317 e. The molecular weight excluding hydrogens is 245 g/mol. The van der Waals surface area contributed by atoms with Crippen molar-refractivity contribution >= 4 is 28.9 Å². The van der Waals surface area contributed by atoms with Gasteiger partial charge in [-0.25, -0.2) is 0 Å². The van der Waals surface area contributed by atoms with Crippen LogP contribution in [0.2, 0.25) is 0 Å². The van der Waals surface area contributed by atoms with E-state index in [0.717, 1.165) is 0 Å². The Morgan fingerprint density at radius 3 is 2.70 bits per heavy atom. The Morgan fingerprint density at radius 2 is 2.20 bits per heavy atom. The van der Waals surface area contributed by atoms with Gasteiger partial charge in [0, 0.05) is 11.6 Å². The van der Waals surface area contributed by atoms with E-state index in [2.05, 4.69) is 4.98 Å². The van der Waals surface area contributed by atoms with Gasteiger partial charge in [-0.15, -0.1) is 0 Å². The first-order valence-electron chi connectivity index (χ1n) is 2.57. The molecule has 0 unspecified atom stereocenters. The fourth-order valence-corrected chi connectivity index (χ4v) is 1.22. The predicted octanol–water partition coefficient (Wildman–Crippen LogP) is 0.792. The summed E-state index contributed by atoms with van der Waals surface area (Å²) in [6.45, 7) is 0. The van der Waals surface area contributed by atoms with E-state index < -0.39 is 0 Å². The van der Waals surface area contributed by atoms with E-state index in [9.17, 15) is 9.59 Å². The van der Waals surface area contributed by atoms with Crippen molar-refractivity contribution in [3.05, 3.63) is 31.8 Å². The second-order valence-corrected chi connectivity index (χ2v) is 2.91. The summed E-state index contributed by atoms with van der Waals surface area (Å²) >= 11 is 1.94. The number of aromatic nitrogens is 1. The van der Waals surface area contributed by atoms with Crippen LogP contribution < -0.4 is 5.56 Å². The number of aldehydes is 1. The van der Waals surface area contributed by atoms with Gasteiger partial charge in [0.1, 0.15) is 6.29 Å². The van der Waals surface area contributed by atoms with Crippen LogP contribution in [0.3, 0.4) is 0 Å². The van der Waals surface area contributed by atoms with Crippen molar-refractivity contribution in [3.63, 3.8) is 0 Å². The third-order valence-corrected chi connectivity index (χ3v) is 1.55. The molecular formula is C6H4INO2. The van der Waals surface area contributed by atoms with Crippen molar-refractivity contribution in [3.8, 4) is 0 Å². The van der Waals surface area contributed by atoms with Gasteiger partial charge in [-0.1, -0.05) is 0 Å². The maximum absolute atomic E-state index is 10.7. The van der Waals surface area contributed by atoms with Crippen LogP contribution >= 0.6 is 22.6 Å². The van der Waals surface area contributed by atoms with Gasteiger partial charge in [0.05, 0.1) is 3.70 Å². The lowest BCUT2D eigenvalue weighted by molar-refractivity contribution is 0.112. The minimum Gasteiger partial charge on any atom is -0.317 e. The van der Waals surface area contributed by atoms with Crippen LogP contribution in [0.1, 0.15) is 10.4 Å². The highest BCUT2D eigenvalue weighted by Crippen LogP contribution is 1.98. The van der Waals surface area contributed by atoms with E-state index >= 15 is 0 Å². The van der Waals surface area contributed by atoms with Crippen LogP contribution in [0.25, 0.3) is 0 Å². The van der Waals surface area contributed by atoms with Crippen LogP contribution in [-0.4, -0.2) is 11.3 Å². The van der Waals surface area contributed by atoms with Gasteiger partial charge in [-0.05, 0) is 28.7 Å².